The molecule has 0 aromatic heterocycles. The third-order valence-corrected chi connectivity index (χ3v) is 2.90. The number of benzene rings is 2. The smallest absolute Gasteiger partial charge is 0.255 e. The fourth-order valence-corrected chi connectivity index (χ4v) is 1.89. The van der Waals surface area contributed by atoms with Crippen LogP contribution in [0, 0.1) is 5.82 Å². The van der Waals surface area contributed by atoms with Gasteiger partial charge in [0.25, 0.3) is 5.91 Å². The summed E-state index contributed by atoms with van der Waals surface area (Å²) < 4.78 is 18.8. The molecule has 2 rings (SSSR count). The molecular formula is C16H14FNO3. The van der Waals surface area contributed by atoms with Crippen LogP contribution in [-0.4, -0.2) is 18.3 Å². The average molecular weight is 287 g/mol. The van der Waals surface area contributed by atoms with Gasteiger partial charge in [-0.2, -0.15) is 0 Å². The zero-order valence-electron chi connectivity index (χ0n) is 11.2. The highest BCUT2D eigenvalue weighted by Crippen LogP contribution is 2.21. The second-order valence-electron chi connectivity index (χ2n) is 4.36. The van der Waals surface area contributed by atoms with Gasteiger partial charge in [0.15, 0.2) is 5.78 Å². The number of hydrogen-bond acceptors (Lipinski definition) is 3. The zero-order chi connectivity index (χ0) is 15.2. The summed E-state index contributed by atoms with van der Waals surface area (Å²) >= 11 is 0. The quantitative estimate of drug-likeness (QED) is 0.830. The summed E-state index contributed by atoms with van der Waals surface area (Å²) in [6, 6.07) is 12.8. The van der Waals surface area contributed by atoms with Crippen LogP contribution in [0.1, 0.15) is 27.1 Å². The van der Waals surface area contributed by atoms with Crippen molar-refractivity contribution in [3.63, 3.8) is 0 Å². The average Bonchev–Trinajstić information content (AvgIpc) is 2.47. The Labute approximate surface area is 121 Å². The number of nitrogens with two attached hydrogens (primary N) is 1. The van der Waals surface area contributed by atoms with Gasteiger partial charge in [0.1, 0.15) is 17.1 Å². The number of amides is 1. The van der Waals surface area contributed by atoms with Gasteiger partial charge < -0.3 is 10.5 Å². The van der Waals surface area contributed by atoms with Gasteiger partial charge in [-0.25, -0.2) is 4.39 Å². The van der Waals surface area contributed by atoms with E-state index in [4.69, 9.17) is 10.5 Å². The van der Waals surface area contributed by atoms with Crippen LogP contribution in [0.4, 0.5) is 4.39 Å². The van der Waals surface area contributed by atoms with Crippen molar-refractivity contribution in [3.8, 4) is 5.75 Å². The molecule has 1 amide bonds. The molecule has 0 fully saturated rings. The second kappa shape index (κ2) is 6.65. The SMILES string of the molecule is NC(=O)c1c(F)cccc1OCCC(=O)c1ccccc1. The highest BCUT2D eigenvalue weighted by atomic mass is 19.1. The lowest BCUT2D eigenvalue weighted by atomic mass is 10.1. The Morgan fingerprint density at radius 2 is 1.76 bits per heavy atom. The summed E-state index contributed by atoms with van der Waals surface area (Å²) in [5.74, 6) is -1.69. The zero-order valence-corrected chi connectivity index (χ0v) is 11.2. The van der Waals surface area contributed by atoms with Crippen LogP contribution in [-0.2, 0) is 0 Å². The topological polar surface area (TPSA) is 69.4 Å². The van der Waals surface area contributed by atoms with Crippen LogP contribution in [0.5, 0.6) is 5.75 Å². The Bertz CT molecular complexity index is 656. The lowest BCUT2D eigenvalue weighted by Crippen LogP contribution is -2.16. The molecule has 108 valence electrons. The Kier molecular flexibility index (Phi) is 4.66. The molecule has 0 aliphatic carbocycles. The first-order valence-corrected chi connectivity index (χ1v) is 6.39. The fraction of sp³-hybridized carbons (Fsp3) is 0.125. The maximum atomic E-state index is 13.5. The highest BCUT2D eigenvalue weighted by molar-refractivity contribution is 5.96. The molecule has 0 radical (unpaired) electrons. The third-order valence-electron chi connectivity index (χ3n) is 2.90. The van der Waals surface area contributed by atoms with Crippen LogP contribution in [0.3, 0.4) is 0 Å². The van der Waals surface area contributed by atoms with Crippen molar-refractivity contribution < 1.29 is 18.7 Å². The van der Waals surface area contributed by atoms with Crippen LogP contribution in [0.15, 0.2) is 48.5 Å². The number of halogens is 1. The van der Waals surface area contributed by atoms with Crippen molar-refractivity contribution in [1.82, 2.24) is 0 Å². The lowest BCUT2D eigenvalue weighted by Gasteiger charge is -2.09. The first-order chi connectivity index (χ1) is 10.1. The number of Topliss-reactive ketones (excluding diaryl/α,β-unsaturated/α-hetero) is 1. The fourth-order valence-electron chi connectivity index (χ4n) is 1.89. The minimum atomic E-state index is -0.905. The van der Waals surface area contributed by atoms with E-state index < -0.39 is 11.7 Å². The number of ether oxygens (including phenoxy) is 1. The first-order valence-electron chi connectivity index (χ1n) is 6.39. The van der Waals surface area contributed by atoms with E-state index in [2.05, 4.69) is 0 Å². The van der Waals surface area contributed by atoms with Crippen molar-refractivity contribution in [3.05, 3.63) is 65.5 Å². The Balaban J connectivity index is 2.00. The Hall–Kier alpha value is -2.69. The molecule has 0 saturated heterocycles. The molecule has 0 unspecified atom stereocenters. The number of hydrogen-bond donors (Lipinski definition) is 1. The van der Waals surface area contributed by atoms with Crippen LogP contribution < -0.4 is 10.5 Å². The molecule has 0 saturated carbocycles. The van der Waals surface area contributed by atoms with E-state index in [-0.39, 0.29) is 30.1 Å². The minimum Gasteiger partial charge on any atom is -0.492 e. The van der Waals surface area contributed by atoms with Crippen molar-refractivity contribution in [2.75, 3.05) is 6.61 Å². The van der Waals surface area contributed by atoms with E-state index in [9.17, 15) is 14.0 Å². The second-order valence-corrected chi connectivity index (χ2v) is 4.36. The van der Waals surface area contributed by atoms with E-state index in [1.807, 2.05) is 6.07 Å². The van der Waals surface area contributed by atoms with Crippen LogP contribution >= 0.6 is 0 Å². The molecule has 2 aromatic rings. The number of rotatable bonds is 6. The number of carbonyl (C=O) groups excluding carboxylic acids is 2. The highest BCUT2D eigenvalue weighted by Gasteiger charge is 2.15. The summed E-state index contributed by atoms with van der Waals surface area (Å²) in [7, 11) is 0. The van der Waals surface area contributed by atoms with Gasteiger partial charge in [-0.05, 0) is 12.1 Å². The molecule has 0 aliphatic rings. The molecular weight excluding hydrogens is 273 g/mol. The predicted molar refractivity (Wildman–Crippen MR) is 75.8 cm³/mol. The van der Waals surface area contributed by atoms with Crippen LogP contribution in [0.25, 0.3) is 0 Å². The maximum Gasteiger partial charge on any atom is 0.255 e. The summed E-state index contributed by atoms with van der Waals surface area (Å²) in [4.78, 5) is 23.1. The number of carbonyl (C=O) groups is 2. The van der Waals surface area contributed by atoms with Crippen molar-refractivity contribution >= 4 is 11.7 Å². The molecule has 4 nitrogen and oxygen atoms in total. The third kappa shape index (κ3) is 3.66. The molecule has 2 N–H and O–H groups in total. The van der Waals surface area contributed by atoms with E-state index in [0.717, 1.165) is 6.07 Å². The van der Waals surface area contributed by atoms with Gasteiger partial charge >= 0.3 is 0 Å². The normalized spacial score (nSPS) is 10.1. The number of primary amides is 1. The summed E-state index contributed by atoms with van der Waals surface area (Å²) in [6.45, 7) is 0.0391. The van der Waals surface area contributed by atoms with Crippen molar-refractivity contribution in [2.24, 2.45) is 5.73 Å². The van der Waals surface area contributed by atoms with Crippen LogP contribution in [0.2, 0.25) is 0 Å². The van der Waals surface area contributed by atoms with E-state index in [0.29, 0.717) is 5.56 Å². The molecule has 0 spiro atoms. The molecule has 2 aromatic carbocycles. The first kappa shape index (κ1) is 14.7. The molecule has 21 heavy (non-hydrogen) atoms. The van der Waals surface area contributed by atoms with Crippen molar-refractivity contribution in [2.45, 2.75) is 6.42 Å². The standard InChI is InChI=1S/C16H14FNO3/c17-12-7-4-8-14(15(12)16(18)20)21-10-9-13(19)11-5-2-1-3-6-11/h1-8H,9-10H2,(H2,18,20). The summed E-state index contributed by atoms with van der Waals surface area (Å²) in [6.07, 6.45) is 0.124. The van der Waals surface area contributed by atoms with Gasteiger partial charge in [0.05, 0.1) is 6.61 Å². The Morgan fingerprint density at radius 1 is 1.05 bits per heavy atom. The van der Waals surface area contributed by atoms with Gasteiger partial charge in [-0.1, -0.05) is 36.4 Å². The van der Waals surface area contributed by atoms with Gasteiger partial charge in [0, 0.05) is 12.0 Å². The maximum absolute atomic E-state index is 13.5. The number of ketones is 1. The Morgan fingerprint density at radius 3 is 2.43 bits per heavy atom. The predicted octanol–water partition coefficient (Wildman–Crippen LogP) is 2.58. The van der Waals surface area contributed by atoms with Gasteiger partial charge in [-0.15, -0.1) is 0 Å². The lowest BCUT2D eigenvalue weighted by molar-refractivity contribution is 0.0961. The molecule has 5 heteroatoms. The summed E-state index contributed by atoms with van der Waals surface area (Å²) in [5.41, 5.74) is 5.39. The monoisotopic (exact) mass is 287 g/mol. The molecule has 0 atom stereocenters. The largest absolute Gasteiger partial charge is 0.492 e. The van der Waals surface area contributed by atoms with E-state index >= 15 is 0 Å². The molecule has 0 bridgehead atoms. The molecule has 0 aliphatic heterocycles. The van der Waals surface area contributed by atoms with E-state index in [1.165, 1.54) is 12.1 Å². The van der Waals surface area contributed by atoms with Gasteiger partial charge in [-0.3, -0.25) is 9.59 Å². The van der Waals surface area contributed by atoms with Crippen molar-refractivity contribution in [1.29, 1.82) is 0 Å². The van der Waals surface area contributed by atoms with E-state index in [1.54, 1.807) is 24.3 Å². The van der Waals surface area contributed by atoms with Gasteiger partial charge in [0.2, 0.25) is 0 Å². The summed E-state index contributed by atoms with van der Waals surface area (Å²) in [5, 5.41) is 0. The minimum absolute atomic E-state index is 0.0391. The molecule has 0 heterocycles.